The van der Waals surface area contributed by atoms with Crippen LogP contribution in [0.1, 0.15) is 31.9 Å². The number of ether oxygens (including phenoxy) is 1. The smallest absolute Gasteiger partial charge is 0.255 e. The summed E-state index contributed by atoms with van der Waals surface area (Å²) in [4.78, 5) is 15.2. The molecule has 0 aliphatic carbocycles. The Morgan fingerprint density at radius 3 is 2.39 bits per heavy atom. The molecule has 0 amide bonds. The van der Waals surface area contributed by atoms with Gasteiger partial charge in [-0.25, -0.2) is 13.1 Å². The number of hydrogen-bond acceptors (Lipinski definition) is 4. The van der Waals surface area contributed by atoms with Crippen molar-refractivity contribution in [2.24, 2.45) is 0 Å². The minimum atomic E-state index is -3.87. The molecule has 3 rings (SSSR count). The van der Waals surface area contributed by atoms with Crippen molar-refractivity contribution in [3.8, 4) is 16.9 Å². The van der Waals surface area contributed by atoms with E-state index in [9.17, 15) is 13.2 Å². The van der Waals surface area contributed by atoms with Gasteiger partial charge >= 0.3 is 0 Å². The fraction of sp³-hybridized carbons (Fsp3) is 0.261. The largest absolute Gasteiger partial charge is 0.496 e. The molecule has 0 saturated heterocycles. The number of sulfonamides is 1. The van der Waals surface area contributed by atoms with Gasteiger partial charge in [-0.05, 0) is 52.9 Å². The van der Waals surface area contributed by atoms with E-state index in [2.05, 4.69) is 9.71 Å². The Labute approximate surface area is 187 Å². The van der Waals surface area contributed by atoms with Crippen LogP contribution in [0, 0.1) is 0 Å². The Morgan fingerprint density at radius 2 is 1.77 bits per heavy atom. The lowest BCUT2D eigenvalue weighted by atomic mass is 9.83. The summed E-state index contributed by atoms with van der Waals surface area (Å²) in [7, 11) is -2.30. The molecule has 0 aliphatic heterocycles. The lowest BCUT2D eigenvalue weighted by Gasteiger charge is -2.24. The third kappa shape index (κ3) is 5.01. The number of aromatic amines is 1. The average molecular weight is 461 g/mol. The molecule has 0 aliphatic rings. The van der Waals surface area contributed by atoms with E-state index in [1.807, 2.05) is 26.8 Å². The Morgan fingerprint density at radius 1 is 1.06 bits per heavy atom. The molecule has 164 valence electrons. The van der Waals surface area contributed by atoms with Crippen molar-refractivity contribution < 1.29 is 13.2 Å². The van der Waals surface area contributed by atoms with Crippen LogP contribution in [0.15, 0.2) is 64.4 Å². The van der Waals surface area contributed by atoms with Crippen molar-refractivity contribution in [2.75, 3.05) is 7.11 Å². The van der Waals surface area contributed by atoms with Gasteiger partial charge in [0, 0.05) is 23.9 Å². The van der Waals surface area contributed by atoms with Crippen molar-refractivity contribution >= 4 is 21.6 Å². The van der Waals surface area contributed by atoms with E-state index in [1.165, 1.54) is 12.1 Å². The van der Waals surface area contributed by atoms with Crippen LogP contribution in [0.4, 0.5) is 0 Å². The molecule has 0 atom stereocenters. The van der Waals surface area contributed by atoms with Crippen LogP contribution in [-0.4, -0.2) is 20.5 Å². The summed E-state index contributed by atoms with van der Waals surface area (Å²) in [6, 6.07) is 13.3. The quantitative estimate of drug-likeness (QED) is 0.567. The van der Waals surface area contributed by atoms with Crippen molar-refractivity contribution in [1.29, 1.82) is 0 Å². The van der Waals surface area contributed by atoms with E-state index < -0.39 is 10.0 Å². The normalized spacial score (nSPS) is 12.0. The Hall–Kier alpha value is -2.61. The fourth-order valence-corrected chi connectivity index (χ4v) is 4.84. The number of rotatable bonds is 6. The van der Waals surface area contributed by atoms with Crippen LogP contribution >= 0.6 is 11.6 Å². The molecular weight excluding hydrogens is 436 g/mol. The zero-order chi connectivity index (χ0) is 22.8. The number of benzene rings is 2. The van der Waals surface area contributed by atoms with Gasteiger partial charge in [0.15, 0.2) is 0 Å². The van der Waals surface area contributed by atoms with Crippen LogP contribution in [0.3, 0.4) is 0 Å². The summed E-state index contributed by atoms with van der Waals surface area (Å²) in [5, 5.41) is 0.135. The molecule has 0 fully saturated rings. The second-order valence-electron chi connectivity index (χ2n) is 8.13. The molecule has 31 heavy (non-hydrogen) atoms. The first-order valence-corrected chi connectivity index (χ1v) is 11.5. The molecule has 1 aromatic heterocycles. The number of aromatic nitrogens is 1. The maximum atomic E-state index is 12.8. The van der Waals surface area contributed by atoms with Gasteiger partial charge in [-0.15, -0.1) is 0 Å². The number of hydrogen-bond donors (Lipinski definition) is 2. The van der Waals surface area contributed by atoms with Gasteiger partial charge in [-0.2, -0.15) is 0 Å². The highest BCUT2D eigenvalue weighted by molar-refractivity contribution is 7.89. The molecule has 0 unspecified atom stereocenters. The minimum absolute atomic E-state index is 0.00551. The van der Waals surface area contributed by atoms with Gasteiger partial charge in [-0.3, -0.25) is 4.79 Å². The zero-order valence-corrected chi connectivity index (χ0v) is 19.4. The van der Waals surface area contributed by atoms with Gasteiger partial charge in [0.2, 0.25) is 10.0 Å². The Bertz CT molecular complexity index is 1260. The summed E-state index contributed by atoms with van der Waals surface area (Å²) in [5.41, 5.74) is 2.08. The average Bonchev–Trinajstić information content (AvgIpc) is 2.71. The first kappa shape index (κ1) is 23.1. The van der Waals surface area contributed by atoms with Crippen molar-refractivity contribution in [3.63, 3.8) is 0 Å². The summed E-state index contributed by atoms with van der Waals surface area (Å²) < 4.78 is 33.8. The third-order valence-corrected chi connectivity index (χ3v) is 6.82. The van der Waals surface area contributed by atoms with Crippen LogP contribution in [-0.2, 0) is 22.0 Å². The van der Waals surface area contributed by atoms with E-state index in [0.29, 0.717) is 22.4 Å². The maximum absolute atomic E-state index is 12.8. The third-order valence-electron chi connectivity index (χ3n) is 4.92. The second-order valence-corrected chi connectivity index (χ2v) is 10.3. The minimum Gasteiger partial charge on any atom is -0.496 e. The van der Waals surface area contributed by atoms with Crippen LogP contribution in [0.2, 0.25) is 5.02 Å². The SMILES string of the molecule is COc1cc(CNS(=O)(=O)c2ccccc2Cl)c(-c2ccc[nH]c2=O)cc1C(C)(C)C. The lowest BCUT2D eigenvalue weighted by Crippen LogP contribution is -2.24. The summed E-state index contributed by atoms with van der Waals surface area (Å²) in [5.74, 6) is 0.621. The molecule has 0 spiro atoms. The van der Waals surface area contributed by atoms with Crippen molar-refractivity contribution in [2.45, 2.75) is 37.6 Å². The number of nitrogens with one attached hydrogen (secondary N) is 2. The molecule has 0 radical (unpaired) electrons. The van der Waals surface area contributed by atoms with Gasteiger partial charge < -0.3 is 9.72 Å². The predicted molar refractivity (Wildman–Crippen MR) is 123 cm³/mol. The summed E-state index contributed by atoms with van der Waals surface area (Å²) in [6.07, 6.45) is 1.56. The van der Waals surface area contributed by atoms with Crippen LogP contribution in [0.25, 0.3) is 11.1 Å². The number of halogens is 1. The zero-order valence-electron chi connectivity index (χ0n) is 17.8. The molecule has 0 bridgehead atoms. The summed E-state index contributed by atoms with van der Waals surface area (Å²) in [6.45, 7) is 6.09. The standard InChI is InChI=1S/C23H25ClN2O4S/c1-23(2,3)18-13-17(16-8-7-11-25-22(16)27)15(12-20(18)30-4)14-26-31(28,29)21-10-6-5-9-19(21)24/h5-13,26H,14H2,1-4H3,(H,25,27). The molecule has 2 N–H and O–H groups in total. The Balaban J connectivity index is 2.12. The molecular formula is C23H25ClN2O4S. The topological polar surface area (TPSA) is 88.3 Å². The predicted octanol–water partition coefficient (Wildman–Crippen LogP) is 4.48. The summed E-state index contributed by atoms with van der Waals surface area (Å²) >= 11 is 6.07. The maximum Gasteiger partial charge on any atom is 0.255 e. The van der Waals surface area contributed by atoms with E-state index >= 15 is 0 Å². The van der Waals surface area contributed by atoms with Crippen LogP contribution in [0.5, 0.6) is 5.75 Å². The molecule has 6 nitrogen and oxygen atoms in total. The highest BCUT2D eigenvalue weighted by atomic mass is 35.5. The van der Waals surface area contributed by atoms with Crippen LogP contribution < -0.4 is 15.0 Å². The number of methoxy groups -OCH3 is 1. The van der Waals surface area contributed by atoms with E-state index in [4.69, 9.17) is 16.3 Å². The first-order chi connectivity index (χ1) is 14.5. The fourth-order valence-electron chi connectivity index (χ4n) is 3.32. The van der Waals surface area contributed by atoms with Crippen molar-refractivity contribution in [1.82, 2.24) is 9.71 Å². The number of pyridine rings is 1. The van der Waals surface area contributed by atoms with Gasteiger partial charge in [0.05, 0.1) is 12.1 Å². The Kier molecular flexibility index (Phi) is 6.59. The highest BCUT2D eigenvalue weighted by Crippen LogP contribution is 2.37. The monoisotopic (exact) mass is 460 g/mol. The molecule has 3 aromatic rings. The molecule has 8 heteroatoms. The highest BCUT2D eigenvalue weighted by Gasteiger charge is 2.24. The van der Waals surface area contributed by atoms with Gasteiger partial charge in [0.25, 0.3) is 5.56 Å². The molecule has 2 aromatic carbocycles. The van der Waals surface area contributed by atoms with Crippen molar-refractivity contribution in [3.05, 3.63) is 81.2 Å². The lowest BCUT2D eigenvalue weighted by molar-refractivity contribution is 0.397. The van der Waals surface area contributed by atoms with E-state index in [-0.39, 0.29) is 27.4 Å². The number of H-pyrrole nitrogens is 1. The molecule has 1 heterocycles. The van der Waals surface area contributed by atoms with Gasteiger partial charge in [-0.1, -0.05) is 44.5 Å². The second kappa shape index (κ2) is 8.86. The first-order valence-electron chi connectivity index (χ1n) is 9.68. The van der Waals surface area contributed by atoms with E-state index in [0.717, 1.165) is 5.56 Å². The van der Waals surface area contributed by atoms with Gasteiger partial charge in [0.1, 0.15) is 10.6 Å². The van der Waals surface area contributed by atoms with E-state index in [1.54, 1.807) is 43.6 Å². The molecule has 0 saturated carbocycles.